The number of primary amides is 1. The average molecular weight is 550 g/mol. The summed E-state index contributed by atoms with van der Waals surface area (Å²) in [6.45, 7) is 0.419. The van der Waals surface area contributed by atoms with Crippen LogP contribution in [0.3, 0.4) is 0 Å². The van der Waals surface area contributed by atoms with Gasteiger partial charge in [0.2, 0.25) is 11.8 Å². The van der Waals surface area contributed by atoms with Gasteiger partial charge in [0.05, 0.1) is 16.7 Å². The lowest BCUT2D eigenvalue weighted by Gasteiger charge is -2.20. The summed E-state index contributed by atoms with van der Waals surface area (Å²) in [5, 5.41) is 2.70. The molecule has 0 aliphatic heterocycles. The van der Waals surface area contributed by atoms with E-state index in [-0.39, 0.29) is 41.0 Å². The Balaban J connectivity index is 1.74. The Morgan fingerprint density at radius 2 is 1.62 bits per heavy atom. The fourth-order valence-corrected chi connectivity index (χ4v) is 3.98. The van der Waals surface area contributed by atoms with Gasteiger partial charge in [0.1, 0.15) is 0 Å². The highest BCUT2D eigenvalue weighted by molar-refractivity contribution is 6.14. The molecule has 1 fully saturated rings. The molecule has 0 unspecified atom stereocenters. The number of benzene rings is 1. The molecule has 0 radical (unpaired) electrons. The van der Waals surface area contributed by atoms with Gasteiger partial charge in [-0.3, -0.25) is 14.4 Å². The van der Waals surface area contributed by atoms with Crippen LogP contribution < -0.4 is 11.1 Å². The molecular formula is C28H24F6N2O3. The molecule has 5 nitrogen and oxygen atoms in total. The molecule has 11 heteroatoms. The highest BCUT2D eigenvalue weighted by Crippen LogP contribution is 2.38. The van der Waals surface area contributed by atoms with Gasteiger partial charge in [-0.05, 0) is 73.2 Å². The molecule has 39 heavy (non-hydrogen) atoms. The first-order valence-corrected chi connectivity index (χ1v) is 12.0. The lowest BCUT2D eigenvalue weighted by Crippen LogP contribution is -2.22. The lowest BCUT2D eigenvalue weighted by atomic mass is 9.82. The van der Waals surface area contributed by atoms with Crippen LogP contribution in [-0.4, -0.2) is 24.1 Å². The van der Waals surface area contributed by atoms with Gasteiger partial charge in [-0.2, -0.15) is 26.3 Å². The summed E-state index contributed by atoms with van der Waals surface area (Å²) in [6.07, 6.45) is -1.80. The molecule has 206 valence electrons. The summed E-state index contributed by atoms with van der Waals surface area (Å²) in [4.78, 5) is 35.6. The average Bonchev–Trinajstić information content (AvgIpc) is 2.85. The van der Waals surface area contributed by atoms with Crippen molar-refractivity contribution in [3.8, 4) is 0 Å². The predicted molar refractivity (Wildman–Crippen MR) is 131 cm³/mol. The Labute approximate surface area is 220 Å². The maximum absolute atomic E-state index is 13.2. The fourth-order valence-electron chi connectivity index (χ4n) is 3.98. The third-order valence-corrected chi connectivity index (χ3v) is 5.93. The number of Topliss-reactive ketones (excluding diaryl/α,β-unsaturated/α-hetero) is 1. The van der Waals surface area contributed by atoms with Crippen LogP contribution in [0.4, 0.5) is 26.3 Å². The highest BCUT2D eigenvalue weighted by atomic mass is 19.4. The Morgan fingerprint density at radius 3 is 2.23 bits per heavy atom. The van der Waals surface area contributed by atoms with E-state index in [2.05, 4.69) is 16.8 Å². The number of halogens is 6. The van der Waals surface area contributed by atoms with Crippen molar-refractivity contribution in [2.24, 2.45) is 5.73 Å². The molecular weight excluding hydrogens is 526 g/mol. The molecule has 3 N–H and O–H groups in total. The molecule has 1 aromatic rings. The number of ketones is 1. The third-order valence-electron chi connectivity index (χ3n) is 5.93. The number of nitrogens with two attached hydrogens (primary N) is 1. The van der Waals surface area contributed by atoms with E-state index in [0.717, 1.165) is 12.5 Å². The molecule has 1 saturated carbocycles. The van der Waals surface area contributed by atoms with Crippen molar-refractivity contribution in [1.82, 2.24) is 5.32 Å². The lowest BCUT2D eigenvalue weighted by molar-refractivity contribution is -0.143. The quantitative estimate of drug-likeness (QED) is 0.178. The number of fused-ring (bicyclic) bond motifs is 1. The largest absolute Gasteiger partial charge is 0.416 e. The number of rotatable bonds is 9. The summed E-state index contributed by atoms with van der Waals surface area (Å²) >= 11 is 0. The van der Waals surface area contributed by atoms with E-state index in [1.54, 1.807) is 6.08 Å². The zero-order chi connectivity index (χ0) is 28.8. The zero-order valence-electron chi connectivity index (χ0n) is 20.6. The molecule has 2 aliphatic carbocycles. The highest BCUT2D eigenvalue weighted by Gasteiger charge is 2.37. The topological polar surface area (TPSA) is 89.3 Å². The number of alkyl halides is 6. The fraction of sp³-hybridized carbons (Fsp3) is 0.321. The van der Waals surface area contributed by atoms with Crippen molar-refractivity contribution in [2.45, 2.75) is 50.9 Å². The van der Waals surface area contributed by atoms with Gasteiger partial charge < -0.3 is 11.1 Å². The van der Waals surface area contributed by atoms with Crippen LogP contribution in [0.25, 0.3) is 6.08 Å². The number of amides is 2. The van der Waals surface area contributed by atoms with Crippen molar-refractivity contribution in [2.75, 3.05) is 6.54 Å². The summed E-state index contributed by atoms with van der Waals surface area (Å²) in [5.74, 6) is -1.29. The van der Waals surface area contributed by atoms with E-state index in [4.69, 9.17) is 5.73 Å². The van der Waals surface area contributed by atoms with Crippen LogP contribution in [0.2, 0.25) is 0 Å². The van der Waals surface area contributed by atoms with Gasteiger partial charge in [0.25, 0.3) is 0 Å². The Bertz CT molecular complexity index is 1330. The van der Waals surface area contributed by atoms with Gasteiger partial charge in [-0.25, -0.2) is 0 Å². The summed E-state index contributed by atoms with van der Waals surface area (Å²) in [6, 6.07) is 1.17. The van der Waals surface area contributed by atoms with Crippen molar-refractivity contribution >= 4 is 23.7 Å². The smallest absolute Gasteiger partial charge is 0.370 e. The van der Waals surface area contributed by atoms with Crippen molar-refractivity contribution in [1.29, 1.82) is 0 Å². The molecule has 3 rings (SSSR count). The van der Waals surface area contributed by atoms with E-state index in [0.29, 0.717) is 55.5 Å². The van der Waals surface area contributed by atoms with E-state index in [1.807, 2.05) is 0 Å². The first-order valence-electron chi connectivity index (χ1n) is 12.0. The molecule has 0 atom stereocenters. The summed E-state index contributed by atoms with van der Waals surface area (Å²) in [5.41, 5.74) is 8.41. The number of allylic oxidation sites excluding steroid dienone is 6. The van der Waals surface area contributed by atoms with Crippen molar-refractivity contribution in [3.63, 3.8) is 0 Å². The number of hydrogen-bond acceptors (Lipinski definition) is 3. The van der Waals surface area contributed by atoms with E-state index in [9.17, 15) is 40.7 Å². The van der Waals surface area contributed by atoms with Crippen LogP contribution in [-0.2, 0) is 26.7 Å². The molecule has 0 heterocycles. The number of hydrogen-bond donors (Lipinski definition) is 2. The van der Waals surface area contributed by atoms with Crippen LogP contribution >= 0.6 is 0 Å². The van der Waals surface area contributed by atoms with Crippen molar-refractivity contribution in [3.05, 3.63) is 86.9 Å². The Kier molecular flexibility index (Phi) is 9.22. The van der Waals surface area contributed by atoms with Gasteiger partial charge >= 0.3 is 12.4 Å². The summed E-state index contributed by atoms with van der Waals surface area (Å²) in [7, 11) is 0. The second-order valence-electron chi connectivity index (χ2n) is 8.99. The van der Waals surface area contributed by atoms with Crippen LogP contribution in [0.15, 0.2) is 70.2 Å². The Morgan fingerprint density at radius 1 is 0.949 bits per heavy atom. The minimum atomic E-state index is -4.99. The number of nitrogens with one attached hydrogen (secondary N) is 1. The second-order valence-corrected chi connectivity index (χ2v) is 8.99. The SMILES string of the molecule is NC(=O)CCCCCNC(=O)C=CC1=C=C=C2C(=O)C(=Cc3cc(C(F)(F)F)cc(C(F)(F)F)c3)CCC2=C1. The second kappa shape index (κ2) is 12.2. The van der Waals surface area contributed by atoms with Gasteiger partial charge in [0.15, 0.2) is 5.78 Å². The molecule has 2 aliphatic rings. The van der Waals surface area contributed by atoms with Crippen LogP contribution in [0.1, 0.15) is 55.2 Å². The predicted octanol–water partition coefficient (Wildman–Crippen LogP) is 5.74. The molecule has 0 saturated heterocycles. The maximum Gasteiger partial charge on any atom is 0.416 e. The standard InChI is InChI=1S/C28H24F6N2O3/c29-27(30,31)21-14-18(15-22(16-21)28(32,33)34)13-20-8-7-19-12-17(5-9-23(19)26(20)39)6-10-25(38)36-11-3-1-2-4-24(35)37/h6,10,12-16H,1-4,7-8,11H2,(H2,35,37)(H,36,38). The molecule has 1 aromatic carbocycles. The van der Waals surface area contributed by atoms with Crippen LogP contribution in [0, 0.1) is 0 Å². The third kappa shape index (κ3) is 8.46. The van der Waals surface area contributed by atoms with E-state index >= 15 is 0 Å². The number of carbonyl (C=O) groups is 3. The molecule has 0 aromatic heterocycles. The Hall–Kier alpha value is -4.07. The van der Waals surface area contributed by atoms with Gasteiger partial charge in [0, 0.05) is 30.2 Å². The number of unbranched alkanes of at least 4 members (excludes halogenated alkanes) is 2. The van der Waals surface area contributed by atoms with Gasteiger partial charge in [-0.15, -0.1) is 0 Å². The molecule has 0 spiro atoms. The van der Waals surface area contributed by atoms with Crippen LogP contribution in [0.5, 0.6) is 0 Å². The first kappa shape index (κ1) is 29.5. The van der Waals surface area contributed by atoms with Gasteiger partial charge in [-0.1, -0.05) is 17.9 Å². The minimum Gasteiger partial charge on any atom is -0.370 e. The first-order chi connectivity index (χ1) is 18.2. The monoisotopic (exact) mass is 550 g/mol. The number of carbonyl (C=O) groups excluding carboxylic acids is 3. The maximum atomic E-state index is 13.2. The normalized spacial score (nSPS) is 16.6. The minimum absolute atomic E-state index is 0.0324. The zero-order valence-corrected chi connectivity index (χ0v) is 20.6. The summed E-state index contributed by atoms with van der Waals surface area (Å²) < 4.78 is 79.0. The van der Waals surface area contributed by atoms with Crippen molar-refractivity contribution < 1.29 is 40.7 Å². The molecule has 0 bridgehead atoms. The van der Waals surface area contributed by atoms with E-state index in [1.165, 1.54) is 12.2 Å². The van der Waals surface area contributed by atoms with E-state index < -0.39 is 29.3 Å². The molecule has 2 amide bonds.